The lowest BCUT2D eigenvalue weighted by molar-refractivity contribution is 0.133. The molecule has 8 N–H and O–H groups in total. The molecule has 0 aliphatic heterocycles. The van der Waals surface area contributed by atoms with Crippen molar-refractivity contribution < 1.29 is 4.74 Å². The van der Waals surface area contributed by atoms with Crippen molar-refractivity contribution >= 4 is 22.7 Å². The fourth-order valence-corrected chi connectivity index (χ4v) is 2.03. The lowest BCUT2D eigenvalue weighted by atomic mass is 9.83. The maximum atomic E-state index is 6.12. The second kappa shape index (κ2) is 4.40. The molecule has 1 aromatic carbocycles. The van der Waals surface area contributed by atoms with Gasteiger partial charge in [-0.3, -0.25) is 0 Å². The first-order chi connectivity index (χ1) is 8.36. The number of hydrogen-bond acceptors (Lipinski definition) is 5. The largest absolute Gasteiger partial charge is 0.484 e. The van der Waals surface area contributed by atoms with Crippen LogP contribution in [-0.4, -0.2) is 5.60 Å². The van der Waals surface area contributed by atoms with E-state index in [9.17, 15) is 0 Å². The topological polar surface area (TPSA) is 113 Å². The monoisotopic (exact) mass is 266 g/mol. The summed E-state index contributed by atoms with van der Waals surface area (Å²) in [7, 11) is 0. The first kappa shape index (κ1) is 15.3. The molecule has 0 aromatic heterocycles. The quantitative estimate of drug-likeness (QED) is 0.583. The normalized spacial score (nSPS) is 12.5. The lowest BCUT2D eigenvalue weighted by Crippen LogP contribution is -2.26. The summed E-state index contributed by atoms with van der Waals surface area (Å²) in [5.41, 5.74) is 26.1. The first-order valence-electron chi connectivity index (χ1n) is 6.31. The number of ether oxygens (including phenoxy) is 1. The summed E-state index contributed by atoms with van der Waals surface area (Å²) in [5.74, 6) is 0.371. The maximum Gasteiger partial charge on any atom is 0.170 e. The standard InChI is InChI=1S/C14H26N4O/c1-13(2,3)7-8(15)10(17)12(11(18)9(7)16)19-14(4,5)6/h15-18H2,1-6H3. The summed E-state index contributed by atoms with van der Waals surface area (Å²) in [6.07, 6.45) is 0. The molecule has 0 aliphatic carbocycles. The van der Waals surface area contributed by atoms with E-state index in [1.807, 2.05) is 41.5 Å². The van der Waals surface area contributed by atoms with Gasteiger partial charge in [-0.25, -0.2) is 0 Å². The Morgan fingerprint density at radius 1 is 0.684 bits per heavy atom. The molecule has 0 amide bonds. The molecule has 5 nitrogen and oxygen atoms in total. The Labute approximate surface area is 115 Å². The number of rotatable bonds is 1. The van der Waals surface area contributed by atoms with Gasteiger partial charge in [0.05, 0.1) is 11.4 Å². The summed E-state index contributed by atoms with van der Waals surface area (Å²) in [6.45, 7) is 11.8. The van der Waals surface area contributed by atoms with Crippen molar-refractivity contribution in [2.24, 2.45) is 0 Å². The molecule has 0 bridgehead atoms. The fourth-order valence-electron chi connectivity index (χ4n) is 2.03. The van der Waals surface area contributed by atoms with Crippen LogP contribution in [0.25, 0.3) is 0 Å². The number of hydrogen-bond donors (Lipinski definition) is 4. The Kier molecular flexibility index (Phi) is 3.54. The van der Waals surface area contributed by atoms with Crippen molar-refractivity contribution in [3.05, 3.63) is 5.56 Å². The predicted molar refractivity (Wildman–Crippen MR) is 83.2 cm³/mol. The van der Waals surface area contributed by atoms with Gasteiger partial charge in [0.15, 0.2) is 5.75 Å². The van der Waals surface area contributed by atoms with Crippen LogP contribution in [0, 0.1) is 0 Å². The highest BCUT2D eigenvalue weighted by Crippen LogP contribution is 2.47. The molecule has 0 fully saturated rings. The highest BCUT2D eigenvalue weighted by atomic mass is 16.5. The number of benzene rings is 1. The zero-order valence-corrected chi connectivity index (χ0v) is 12.7. The van der Waals surface area contributed by atoms with E-state index in [0.29, 0.717) is 28.5 Å². The van der Waals surface area contributed by atoms with E-state index in [-0.39, 0.29) is 5.41 Å². The summed E-state index contributed by atoms with van der Waals surface area (Å²) >= 11 is 0. The van der Waals surface area contributed by atoms with Gasteiger partial charge in [0.2, 0.25) is 0 Å². The van der Waals surface area contributed by atoms with Crippen molar-refractivity contribution in [2.45, 2.75) is 52.6 Å². The van der Waals surface area contributed by atoms with Crippen LogP contribution in [0.3, 0.4) is 0 Å². The van der Waals surface area contributed by atoms with Gasteiger partial charge in [-0.1, -0.05) is 20.8 Å². The van der Waals surface area contributed by atoms with Gasteiger partial charge in [-0.15, -0.1) is 0 Å². The molecule has 0 unspecified atom stereocenters. The Balaban J connectivity index is 3.57. The van der Waals surface area contributed by atoms with Gasteiger partial charge in [0.1, 0.15) is 17.0 Å². The van der Waals surface area contributed by atoms with Crippen molar-refractivity contribution in [3.63, 3.8) is 0 Å². The minimum absolute atomic E-state index is 0.239. The Morgan fingerprint density at radius 2 is 1.05 bits per heavy atom. The van der Waals surface area contributed by atoms with Gasteiger partial charge in [0, 0.05) is 5.56 Å². The van der Waals surface area contributed by atoms with Gasteiger partial charge < -0.3 is 27.7 Å². The lowest BCUT2D eigenvalue weighted by Gasteiger charge is -2.29. The molecule has 5 heteroatoms. The van der Waals surface area contributed by atoms with Crippen LogP contribution < -0.4 is 27.7 Å². The number of anilines is 4. The molecule has 19 heavy (non-hydrogen) atoms. The Hall–Kier alpha value is -1.78. The molecule has 0 heterocycles. The van der Waals surface area contributed by atoms with E-state index < -0.39 is 5.60 Å². The van der Waals surface area contributed by atoms with E-state index in [4.69, 9.17) is 27.7 Å². The van der Waals surface area contributed by atoms with Gasteiger partial charge in [0.25, 0.3) is 0 Å². The predicted octanol–water partition coefficient (Wildman–Crippen LogP) is 2.49. The van der Waals surface area contributed by atoms with Crippen molar-refractivity contribution in [1.29, 1.82) is 0 Å². The highest BCUT2D eigenvalue weighted by molar-refractivity contribution is 5.92. The van der Waals surface area contributed by atoms with Crippen LogP contribution >= 0.6 is 0 Å². The molecular formula is C14H26N4O. The van der Waals surface area contributed by atoms with E-state index in [0.717, 1.165) is 5.56 Å². The summed E-state index contributed by atoms with van der Waals surface area (Å²) < 4.78 is 5.78. The SMILES string of the molecule is CC(C)(C)Oc1c(N)c(N)c(C(C)(C)C)c(N)c1N. The van der Waals surface area contributed by atoms with Crippen molar-refractivity contribution in [2.75, 3.05) is 22.9 Å². The van der Waals surface area contributed by atoms with E-state index in [2.05, 4.69) is 0 Å². The third kappa shape index (κ3) is 2.97. The minimum atomic E-state index is -0.426. The summed E-state index contributed by atoms with van der Waals surface area (Å²) in [4.78, 5) is 0. The van der Waals surface area contributed by atoms with Crippen LogP contribution in [0.15, 0.2) is 0 Å². The van der Waals surface area contributed by atoms with Crippen LogP contribution in [0.4, 0.5) is 22.7 Å². The average molecular weight is 266 g/mol. The molecule has 0 saturated carbocycles. The van der Waals surface area contributed by atoms with Crippen LogP contribution in [0.2, 0.25) is 0 Å². The van der Waals surface area contributed by atoms with Gasteiger partial charge in [-0.05, 0) is 26.2 Å². The van der Waals surface area contributed by atoms with Crippen LogP contribution in [-0.2, 0) is 5.41 Å². The maximum absolute atomic E-state index is 6.12. The van der Waals surface area contributed by atoms with E-state index >= 15 is 0 Å². The minimum Gasteiger partial charge on any atom is -0.484 e. The molecule has 0 atom stereocenters. The third-order valence-corrected chi connectivity index (χ3v) is 2.77. The summed E-state index contributed by atoms with van der Waals surface area (Å²) in [5, 5.41) is 0. The van der Waals surface area contributed by atoms with Crippen molar-refractivity contribution in [1.82, 2.24) is 0 Å². The zero-order valence-electron chi connectivity index (χ0n) is 12.7. The van der Waals surface area contributed by atoms with Crippen LogP contribution in [0.5, 0.6) is 5.75 Å². The second-order valence-corrected chi connectivity index (χ2v) is 6.82. The fraction of sp³-hybridized carbons (Fsp3) is 0.571. The summed E-state index contributed by atoms with van der Waals surface area (Å²) in [6, 6.07) is 0. The molecule has 0 radical (unpaired) electrons. The molecular weight excluding hydrogens is 240 g/mol. The second-order valence-electron chi connectivity index (χ2n) is 6.82. The van der Waals surface area contributed by atoms with E-state index in [1.54, 1.807) is 0 Å². The molecule has 1 rings (SSSR count). The first-order valence-corrected chi connectivity index (χ1v) is 6.31. The van der Waals surface area contributed by atoms with Crippen LogP contribution in [0.1, 0.15) is 47.1 Å². The van der Waals surface area contributed by atoms with Gasteiger partial charge >= 0.3 is 0 Å². The third-order valence-electron chi connectivity index (χ3n) is 2.77. The molecule has 0 saturated heterocycles. The Bertz CT molecular complexity index is 467. The molecule has 108 valence electrons. The van der Waals surface area contributed by atoms with Gasteiger partial charge in [-0.2, -0.15) is 0 Å². The molecule has 1 aromatic rings. The average Bonchev–Trinajstić information content (AvgIpc) is 2.18. The van der Waals surface area contributed by atoms with E-state index in [1.165, 1.54) is 0 Å². The smallest absolute Gasteiger partial charge is 0.170 e. The highest BCUT2D eigenvalue weighted by Gasteiger charge is 2.28. The Morgan fingerprint density at radius 3 is 1.32 bits per heavy atom. The number of nitrogens with two attached hydrogens (primary N) is 4. The molecule has 0 aliphatic rings. The molecule has 0 spiro atoms. The zero-order chi connectivity index (χ0) is 15.2. The van der Waals surface area contributed by atoms with Crippen molar-refractivity contribution in [3.8, 4) is 5.75 Å². The number of nitrogen functional groups attached to an aromatic ring is 4.